The van der Waals surface area contributed by atoms with E-state index in [1.165, 1.54) is 0 Å². The Labute approximate surface area is 176 Å². The van der Waals surface area contributed by atoms with Gasteiger partial charge in [0.25, 0.3) is 5.91 Å². The van der Waals surface area contributed by atoms with Crippen molar-refractivity contribution < 1.29 is 23.2 Å². The largest absolute Gasteiger partial charge is 0.325 e. The zero-order chi connectivity index (χ0) is 22.2. The predicted molar refractivity (Wildman–Crippen MR) is 105 cm³/mol. The summed E-state index contributed by atoms with van der Waals surface area (Å²) in [6, 6.07) is 12.7. The molecular formula is C22H18F2N4O3. The lowest BCUT2D eigenvalue weighted by atomic mass is 9.80. The Morgan fingerprint density at radius 1 is 1.10 bits per heavy atom. The van der Waals surface area contributed by atoms with Gasteiger partial charge >= 0.3 is 6.03 Å². The molecule has 2 aromatic rings. The molecular weight excluding hydrogens is 406 g/mol. The van der Waals surface area contributed by atoms with Crippen molar-refractivity contribution in [1.82, 2.24) is 15.2 Å². The lowest BCUT2D eigenvalue weighted by Gasteiger charge is -2.34. The number of urea groups is 1. The van der Waals surface area contributed by atoms with E-state index in [1.54, 1.807) is 42.5 Å². The number of nitrogens with one attached hydrogen (secondary N) is 1. The number of halogens is 2. The standard InChI is InChI=1S/C22H18F2N4O3/c23-22(24)10-8-21(9-11-22)19(30)28(20(31)27-21)13-18(29)15-6-4-14(5-7-15)17-3-1-2-16(12-25)26-17/h1-7H,8-11,13H2,(H,27,31). The highest BCUT2D eigenvalue weighted by atomic mass is 19.3. The molecule has 3 amide bonds. The number of carbonyl (C=O) groups excluding carboxylic acids is 3. The van der Waals surface area contributed by atoms with E-state index in [-0.39, 0.29) is 24.1 Å². The highest BCUT2D eigenvalue weighted by molar-refractivity contribution is 6.11. The van der Waals surface area contributed by atoms with Crippen molar-refractivity contribution in [1.29, 1.82) is 5.26 Å². The van der Waals surface area contributed by atoms with Crippen LogP contribution in [-0.4, -0.2) is 45.6 Å². The number of hydrogen-bond acceptors (Lipinski definition) is 5. The molecule has 158 valence electrons. The number of alkyl halides is 2. The van der Waals surface area contributed by atoms with Gasteiger partial charge in [0.1, 0.15) is 17.3 Å². The number of aromatic nitrogens is 1. The number of rotatable bonds is 4. The highest BCUT2D eigenvalue weighted by Crippen LogP contribution is 2.41. The summed E-state index contributed by atoms with van der Waals surface area (Å²) in [4.78, 5) is 42.7. The zero-order valence-corrected chi connectivity index (χ0v) is 16.4. The van der Waals surface area contributed by atoms with E-state index >= 15 is 0 Å². The second kappa shape index (κ2) is 7.54. The fourth-order valence-corrected chi connectivity index (χ4v) is 3.92. The van der Waals surface area contributed by atoms with Crippen LogP contribution in [-0.2, 0) is 4.79 Å². The first-order chi connectivity index (χ1) is 14.7. The zero-order valence-electron chi connectivity index (χ0n) is 16.4. The van der Waals surface area contributed by atoms with Crippen LogP contribution in [0.3, 0.4) is 0 Å². The molecule has 1 N–H and O–H groups in total. The van der Waals surface area contributed by atoms with Gasteiger partial charge in [-0.1, -0.05) is 30.3 Å². The van der Waals surface area contributed by atoms with E-state index in [0.29, 0.717) is 11.3 Å². The maximum Gasteiger partial charge on any atom is 0.325 e. The van der Waals surface area contributed by atoms with Crippen LogP contribution < -0.4 is 5.32 Å². The second-order valence-electron chi connectivity index (χ2n) is 7.78. The molecule has 2 fully saturated rings. The Balaban J connectivity index is 1.46. The van der Waals surface area contributed by atoms with Gasteiger partial charge in [0.05, 0.1) is 12.2 Å². The number of hydrogen-bond donors (Lipinski definition) is 1. The van der Waals surface area contributed by atoms with Crippen LogP contribution in [0.1, 0.15) is 41.7 Å². The number of benzene rings is 1. The molecule has 31 heavy (non-hydrogen) atoms. The SMILES string of the molecule is N#Cc1cccc(-c2ccc(C(=O)CN3C(=O)NC4(CCC(F)(F)CC4)C3=O)cc2)n1. The number of nitriles is 1. The predicted octanol–water partition coefficient (Wildman–Crippen LogP) is 3.30. The summed E-state index contributed by atoms with van der Waals surface area (Å²) in [5, 5.41) is 11.5. The number of imide groups is 1. The third-order valence-corrected chi connectivity index (χ3v) is 5.75. The average molecular weight is 424 g/mol. The summed E-state index contributed by atoms with van der Waals surface area (Å²) in [6.45, 7) is -0.468. The molecule has 7 nitrogen and oxygen atoms in total. The normalized spacial score (nSPS) is 19.2. The average Bonchev–Trinajstić information content (AvgIpc) is 3.00. The van der Waals surface area contributed by atoms with E-state index < -0.39 is 48.6 Å². The van der Waals surface area contributed by atoms with Crippen molar-refractivity contribution in [3.63, 3.8) is 0 Å². The molecule has 9 heteroatoms. The van der Waals surface area contributed by atoms with Crippen molar-refractivity contribution in [3.05, 3.63) is 53.7 Å². The smallest absolute Gasteiger partial charge is 0.323 e. The molecule has 1 saturated heterocycles. The first kappa shape index (κ1) is 20.6. The fraction of sp³-hybridized carbons (Fsp3) is 0.318. The van der Waals surface area contributed by atoms with E-state index in [9.17, 15) is 23.2 Å². The molecule has 0 atom stereocenters. The lowest BCUT2D eigenvalue weighted by Crippen LogP contribution is -2.51. The van der Waals surface area contributed by atoms with Gasteiger partial charge < -0.3 is 5.32 Å². The van der Waals surface area contributed by atoms with E-state index in [0.717, 1.165) is 4.90 Å². The Morgan fingerprint density at radius 2 is 1.77 bits per heavy atom. The topological polar surface area (TPSA) is 103 Å². The molecule has 1 spiro atoms. The minimum Gasteiger partial charge on any atom is -0.323 e. The first-order valence-corrected chi connectivity index (χ1v) is 9.76. The van der Waals surface area contributed by atoms with Gasteiger partial charge in [-0.2, -0.15) is 5.26 Å². The van der Waals surface area contributed by atoms with Crippen molar-refractivity contribution in [3.8, 4) is 17.3 Å². The summed E-state index contributed by atoms with van der Waals surface area (Å²) in [5.41, 5.74) is 0.483. The van der Waals surface area contributed by atoms with Crippen LogP contribution in [0, 0.1) is 11.3 Å². The van der Waals surface area contributed by atoms with Crippen molar-refractivity contribution >= 4 is 17.7 Å². The lowest BCUT2D eigenvalue weighted by molar-refractivity contribution is -0.135. The molecule has 4 rings (SSSR count). The molecule has 2 heterocycles. The molecule has 1 aromatic carbocycles. The third kappa shape index (κ3) is 3.89. The van der Waals surface area contributed by atoms with Crippen LogP contribution in [0.15, 0.2) is 42.5 Å². The maximum absolute atomic E-state index is 13.5. The van der Waals surface area contributed by atoms with Crippen LogP contribution >= 0.6 is 0 Å². The van der Waals surface area contributed by atoms with Gasteiger partial charge in [0, 0.05) is 24.0 Å². The Kier molecular flexibility index (Phi) is 5.01. The van der Waals surface area contributed by atoms with Gasteiger partial charge in [-0.25, -0.2) is 18.6 Å². The number of amides is 3. The van der Waals surface area contributed by atoms with Gasteiger partial charge in [0.2, 0.25) is 5.92 Å². The van der Waals surface area contributed by atoms with Gasteiger partial charge in [-0.05, 0) is 25.0 Å². The number of Topliss-reactive ketones (excluding diaryl/α,β-unsaturated/α-hetero) is 1. The summed E-state index contributed by atoms with van der Waals surface area (Å²) in [6.07, 6.45) is -1.27. The molecule has 2 aliphatic rings. The van der Waals surface area contributed by atoms with Crippen molar-refractivity contribution in [2.24, 2.45) is 0 Å². The Morgan fingerprint density at radius 3 is 2.42 bits per heavy atom. The highest BCUT2D eigenvalue weighted by Gasteiger charge is 2.55. The minimum atomic E-state index is -2.84. The molecule has 0 radical (unpaired) electrons. The van der Waals surface area contributed by atoms with Crippen LogP contribution in [0.5, 0.6) is 0 Å². The summed E-state index contributed by atoms with van der Waals surface area (Å²) in [5.74, 6) is -3.93. The quantitative estimate of drug-likeness (QED) is 0.599. The van der Waals surface area contributed by atoms with Crippen LogP contribution in [0.4, 0.5) is 13.6 Å². The van der Waals surface area contributed by atoms with Gasteiger partial charge in [0.15, 0.2) is 5.78 Å². The fourth-order valence-electron chi connectivity index (χ4n) is 3.92. The van der Waals surface area contributed by atoms with Crippen molar-refractivity contribution in [2.45, 2.75) is 37.1 Å². The second-order valence-corrected chi connectivity index (χ2v) is 7.78. The van der Waals surface area contributed by atoms with Crippen molar-refractivity contribution in [2.75, 3.05) is 6.54 Å². The summed E-state index contributed by atoms with van der Waals surface area (Å²) >= 11 is 0. The van der Waals surface area contributed by atoms with E-state index in [4.69, 9.17) is 5.26 Å². The van der Waals surface area contributed by atoms with E-state index in [1.807, 2.05) is 6.07 Å². The number of pyridine rings is 1. The van der Waals surface area contributed by atoms with Crippen LogP contribution in [0.2, 0.25) is 0 Å². The number of ketones is 1. The third-order valence-electron chi connectivity index (χ3n) is 5.75. The maximum atomic E-state index is 13.5. The minimum absolute atomic E-state index is 0.154. The molecule has 0 bridgehead atoms. The van der Waals surface area contributed by atoms with Crippen LogP contribution in [0.25, 0.3) is 11.3 Å². The van der Waals surface area contributed by atoms with E-state index in [2.05, 4.69) is 10.3 Å². The first-order valence-electron chi connectivity index (χ1n) is 9.76. The molecule has 1 aliphatic carbocycles. The molecule has 1 aliphatic heterocycles. The molecule has 1 aromatic heterocycles. The Hall–Kier alpha value is -3.67. The van der Waals surface area contributed by atoms with Gasteiger partial charge in [-0.3, -0.25) is 14.5 Å². The molecule has 1 saturated carbocycles. The monoisotopic (exact) mass is 424 g/mol. The number of carbonyl (C=O) groups is 3. The summed E-state index contributed by atoms with van der Waals surface area (Å²) in [7, 11) is 0. The Bertz CT molecular complexity index is 1100. The molecule has 0 unspecified atom stereocenters. The number of nitrogens with zero attached hydrogens (tertiary/aromatic N) is 3. The van der Waals surface area contributed by atoms with Gasteiger partial charge in [-0.15, -0.1) is 0 Å². The summed E-state index contributed by atoms with van der Waals surface area (Å²) < 4.78 is 27.0.